The lowest BCUT2D eigenvalue weighted by molar-refractivity contribution is -0.139. The van der Waals surface area contributed by atoms with Crippen molar-refractivity contribution < 1.29 is 19.5 Å². The molecule has 5 rings (SSSR count). The third-order valence-corrected chi connectivity index (χ3v) is 11.7. The summed E-state index contributed by atoms with van der Waals surface area (Å²) in [6.07, 6.45) is 0.989. The van der Waals surface area contributed by atoms with Gasteiger partial charge in [-0.1, -0.05) is 46.3 Å². The Balaban J connectivity index is 1.40. The molecule has 3 fully saturated rings. The van der Waals surface area contributed by atoms with E-state index in [2.05, 4.69) is 45.3 Å². The Morgan fingerprint density at radius 1 is 1.10 bits per heavy atom. The van der Waals surface area contributed by atoms with Gasteiger partial charge in [-0.05, 0) is 56.5 Å². The minimum atomic E-state index is -0.735. The SMILES string of the molecule is CCN(CC)c1ccc(NC(=O)C2N(CCCO)C(=O)[C@@H]3[C@@H](C(=O)NCc4ccccc4)[C@@H]4SC23CC4Br)cc1. The number of amides is 3. The molecule has 2 aromatic carbocycles. The number of benzene rings is 2. The van der Waals surface area contributed by atoms with Crippen LogP contribution in [0.25, 0.3) is 0 Å². The second kappa shape index (κ2) is 12.1. The number of alkyl halides is 1. The van der Waals surface area contributed by atoms with E-state index in [1.165, 1.54) is 0 Å². The van der Waals surface area contributed by atoms with E-state index >= 15 is 0 Å². The monoisotopic (exact) mass is 628 g/mol. The predicted octanol–water partition coefficient (Wildman–Crippen LogP) is 3.63. The van der Waals surface area contributed by atoms with Gasteiger partial charge in [-0.3, -0.25) is 14.4 Å². The highest BCUT2D eigenvalue weighted by Crippen LogP contribution is 2.67. The van der Waals surface area contributed by atoms with Crippen molar-refractivity contribution in [3.8, 4) is 0 Å². The van der Waals surface area contributed by atoms with Crippen molar-refractivity contribution in [2.75, 3.05) is 36.5 Å². The van der Waals surface area contributed by atoms with Crippen molar-refractivity contribution in [1.29, 1.82) is 0 Å². The molecule has 2 bridgehead atoms. The van der Waals surface area contributed by atoms with Gasteiger partial charge in [0.2, 0.25) is 17.7 Å². The average Bonchev–Trinajstić information content (AvgIpc) is 3.55. The maximum absolute atomic E-state index is 14.0. The molecule has 0 aliphatic carbocycles. The summed E-state index contributed by atoms with van der Waals surface area (Å²) in [7, 11) is 0. The highest BCUT2D eigenvalue weighted by Gasteiger charge is 2.75. The molecule has 3 saturated heterocycles. The van der Waals surface area contributed by atoms with Crippen LogP contribution < -0.4 is 15.5 Å². The molecule has 0 radical (unpaired) electrons. The van der Waals surface area contributed by atoms with Crippen LogP contribution in [0.2, 0.25) is 0 Å². The first-order valence-corrected chi connectivity index (χ1v) is 15.8. The van der Waals surface area contributed by atoms with Gasteiger partial charge in [0.25, 0.3) is 0 Å². The summed E-state index contributed by atoms with van der Waals surface area (Å²) >= 11 is 5.41. The maximum atomic E-state index is 14.0. The van der Waals surface area contributed by atoms with Crippen LogP contribution in [-0.4, -0.2) is 74.8 Å². The van der Waals surface area contributed by atoms with Crippen molar-refractivity contribution in [3.63, 3.8) is 0 Å². The Bertz CT molecular complexity index is 1230. The number of hydrogen-bond donors (Lipinski definition) is 3. The quantitative estimate of drug-likeness (QED) is 0.329. The Hall–Kier alpha value is -2.56. The standard InChI is InChI=1S/C30H37BrN4O4S/c1-3-34(4-2)21-13-11-20(12-14-21)33-28(38)26-30-17-22(31)25(40-30)23(24(30)29(39)35(26)15-8-16-36)27(37)32-18-19-9-6-5-7-10-19/h5-7,9-14,22-26,36H,3-4,8,15-18H2,1-2H3,(H,32,37)(H,33,38)/t22?,23-,24+,25-,26?,30?/m1/s1. The molecule has 8 nitrogen and oxygen atoms in total. The number of aliphatic hydroxyl groups is 1. The zero-order chi connectivity index (χ0) is 28.4. The molecule has 3 N–H and O–H groups in total. The summed E-state index contributed by atoms with van der Waals surface area (Å²) < 4.78 is -0.717. The fourth-order valence-electron chi connectivity index (χ4n) is 6.67. The van der Waals surface area contributed by atoms with Crippen LogP contribution in [0.1, 0.15) is 32.3 Å². The summed E-state index contributed by atoms with van der Waals surface area (Å²) in [6.45, 7) is 6.56. The molecule has 3 heterocycles. The molecule has 6 atom stereocenters. The number of thioether (sulfide) groups is 1. The van der Waals surface area contributed by atoms with Crippen molar-refractivity contribution in [3.05, 3.63) is 60.2 Å². The smallest absolute Gasteiger partial charge is 0.248 e. The molecule has 3 amide bonds. The third kappa shape index (κ3) is 5.14. The fraction of sp³-hybridized carbons (Fsp3) is 0.500. The second-order valence-electron chi connectivity index (χ2n) is 10.7. The van der Waals surface area contributed by atoms with Gasteiger partial charge in [0.05, 0.1) is 16.6 Å². The van der Waals surface area contributed by atoms with E-state index in [9.17, 15) is 19.5 Å². The van der Waals surface area contributed by atoms with Crippen LogP contribution in [0, 0.1) is 11.8 Å². The molecule has 2 aromatic rings. The summed E-state index contributed by atoms with van der Waals surface area (Å²) in [5.41, 5.74) is 2.74. The molecule has 1 spiro atoms. The minimum Gasteiger partial charge on any atom is -0.396 e. The molecule has 214 valence electrons. The Morgan fingerprint density at radius 3 is 2.45 bits per heavy atom. The van der Waals surface area contributed by atoms with E-state index in [-0.39, 0.29) is 41.0 Å². The number of hydrogen-bond acceptors (Lipinski definition) is 6. The lowest BCUT2D eigenvalue weighted by atomic mass is 9.70. The van der Waals surface area contributed by atoms with Crippen molar-refractivity contribution >= 4 is 56.8 Å². The fourth-order valence-corrected chi connectivity index (χ4v) is 10.3. The molecular formula is C30H37BrN4O4S. The number of nitrogens with one attached hydrogen (secondary N) is 2. The summed E-state index contributed by atoms with van der Waals surface area (Å²) in [5.74, 6) is -1.70. The average molecular weight is 630 g/mol. The number of fused-ring (bicyclic) bond motifs is 1. The van der Waals surface area contributed by atoms with Gasteiger partial charge in [0.15, 0.2) is 0 Å². The molecule has 0 aromatic heterocycles. The van der Waals surface area contributed by atoms with Gasteiger partial charge in [0, 0.05) is 54.2 Å². The van der Waals surface area contributed by atoms with Crippen LogP contribution in [-0.2, 0) is 20.9 Å². The minimum absolute atomic E-state index is 0.00970. The molecule has 10 heteroatoms. The number of aliphatic hydroxyl groups excluding tert-OH is 1. The van der Waals surface area contributed by atoms with Crippen molar-refractivity contribution in [2.24, 2.45) is 11.8 Å². The van der Waals surface area contributed by atoms with Gasteiger partial charge in [-0.25, -0.2) is 0 Å². The number of rotatable bonds is 11. The number of halogens is 1. The van der Waals surface area contributed by atoms with E-state index in [1.54, 1.807) is 16.7 Å². The first kappa shape index (κ1) is 29.0. The number of likely N-dealkylation sites (tertiary alicyclic amines) is 1. The largest absolute Gasteiger partial charge is 0.396 e. The number of carbonyl (C=O) groups is 3. The highest BCUT2D eigenvalue weighted by molar-refractivity contribution is 9.09. The normalized spacial score (nSPS) is 28.4. The van der Waals surface area contributed by atoms with Gasteiger partial charge in [0.1, 0.15) is 6.04 Å². The van der Waals surface area contributed by atoms with E-state index in [1.807, 2.05) is 54.6 Å². The summed E-state index contributed by atoms with van der Waals surface area (Å²) in [6, 6.07) is 16.7. The van der Waals surface area contributed by atoms with Gasteiger partial charge in [-0.15, -0.1) is 11.8 Å². The van der Waals surface area contributed by atoms with Crippen molar-refractivity contribution in [1.82, 2.24) is 10.2 Å². The van der Waals surface area contributed by atoms with Gasteiger partial charge in [-0.2, -0.15) is 0 Å². The Labute approximate surface area is 248 Å². The lowest BCUT2D eigenvalue weighted by Crippen LogP contribution is -2.53. The van der Waals surface area contributed by atoms with E-state index < -0.39 is 22.6 Å². The number of carbonyl (C=O) groups excluding carboxylic acids is 3. The van der Waals surface area contributed by atoms with Crippen LogP contribution in [0.3, 0.4) is 0 Å². The predicted molar refractivity (Wildman–Crippen MR) is 163 cm³/mol. The van der Waals surface area contributed by atoms with E-state index in [0.29, 0.717) is 25.1 Å². The highest BCUT2D eigenvalue weighted by atomic mass is 79.9. The third-order valence-electron chi connectivity index (χ3n) is 8.47. The first-order chi connectivity index (χ1) is 19.3. The first-order valence-electron chi connectivity index (χ1n) is 14.0. The molecule has 3 aliphatic rings. The van der Waals surface area contributed by atoms with Crippen LogP contribution in [0.4, 0.5) is 11.4 Å². The van der Waals surface area contributed by atoms with Gasteiger partial charge >= 0.3 is 0 Å². The zero-order valence-electron chi connectivity index (χ0n) is 22.9. The second-order valence-corrected chi connectivity index (χ2v) is 13.4. The Kier molecular flexibility index (Phi) is 8.78. The van der Waals surface area contributed by atoms with Crippen molar-refractivity contribution in [2.45, 2.75) is 54.1 Å². The van der Waals surface area contributed by atoms with E-state index in [4.69, 9.17) is 0 Å². The van der Waals surface area contributed by atoms with E-state index in [0.717, 1.165) is 24.3 Å². The molecule has 40 heavy (non-hydrogen) atoms. The van der Waals surface area contributed by atoms with Crippen LogP contribution >= 0.6 is 27.7 Å². The zero-order valence-corrected chi connectivity index (χ0v) is 25.3. The molecular weight excluding hydrogens is 592 g/mol. The van der Waals surface area contributed by atoms with Crippen LogP contribution in [0.5, 0.6) is 0 Å². The topological polar surface area (TPSA) is 102 Å². The number of anilines is 2. The summed E-state index contributed by atoms with van der Waals surface area (Å²) in [5, 5.41) is 15.6. The van der Waals surface area contributed by atoms with Crippen LogP contribution in [0.15, 0.2) is 54.6 Å². The molecule has 3 unspecified atom stereocenters. The van der Waals surface area contributed by atoms with Gasteiger partial charge < -0.3 is 25.5 Å². The Morgan fingerprint density at radius 2 is 1.80 bits per heavy atom. The summed E-state index contributed by atoms with van der Waals surface area (Å²) in [4.78, 5) is 45.4. The molecule has 3 aliphatic heterocycles. The molecule has 0 saturated carbocycles. The maximum Gasteiger partial charge on any atom is 0.248 e. The lowest BCUT2D eigenvalue weighted by Gasteiger charge is -2.35. The number of nitrogens with zero attached hydrogens (tertiary/aromatic N) is 2.